The number of hydrogen-bond acceptors (Lipinski definition) is 5. The van der Waals surface area contributed by atoms with Crippen molar-refractivity contribution in [2.45, 2.75) is 26.9 Å². The average molecular weight is 287 g/mol. The zero-order chi connectivity index (χ0) is 15.1. The Balaban J connectivity index is 2.09. The van der Waals surface area contributed by atoms with E-state index in [0.717, 1.165) is 29.4 Å². The Kier molecular flexibility index (Phi) is 5.51. The first kappa shape index (κ1) is 15.3. The SMILES string of the molecule is CCNc1cc(C)nc(COc2ccccc2CCO)n1. The Bertz CT molecular complexity index is 587. The summed E-state index contributed by atoms with van der Waals surface area (Å²) in [6.07, 6.45) is 0.577. The molecule has 0 aliphatic rings. The highest BCUT2D eigenvalue weighted by molar-refractivity contribution is 5.36. The van der Waals surface area contributed by atoms with Crippen LogP contribution in [0, 0.1) is 6.92 Å². The summed E-state index contributed by atoms with van der Waals surface area (Å²) < 4.78 is 5.80. The van der Waals surface area contributed by atoms with Crippen molar-refractivity contribution < 1.29 is 9.84 Å². The summed E-state index contributed by atoms with van der Waals surface area (Å²) in [4.78, 5) is 8.80. The lowest BCUT2D eigenvalue weighted by atomic mass is 10.1. The van der Waals surface area contributed by atoms with Gasteiger partial charge in [0.2, 0.25) is 0 Å². The van der Waals surface area contributed by atoms with Gasteiger partial charge in [0.1, 0.15) is 18.2 Å². The van der Waals surface area contributed by atoms with E-state index in [1.54, 1.807) is 0 Å². The van der Waals surface area contributed by atoms with Crippen LogP contribution < -0.4 is 10.1 Å². The number of rotatable bonds is 7. The van der Waals surface area contributed by atoms with Crippen molar-refractivity contribution in [2.75, 3.05) is 18.5 Å². The van der Waals surface area contributed by atoms with Crippen LogP contribution in [0.2, 0.25) is 0 Å². The van der Waals surface area contributed by atoms with Gasteiger partial charge in [0.25, 0.3) is 0 Å². The van der Waals surface area contributed by atoms with Gasteiger partial charge >= 0.3 is 0 Å². The first-order valence-corrected chi connectivity index (χ1v) is 7.13. The summed E-state index contributed by atoms with van der Waals surface area (Å²) >= 11 is 0. The second-order valence-corrected chi connectivity index (χ2v) is 4.71. The third-order valence-electron chi connectivity index (χ3n) is 2.97. The number of aliphatic hydroxyl groups is 1. The van der Waals surface area contributed by atoms with E-state index in [0.29, 0.717) is 18.9 Å². The molecule has 0 aliphatic heterocycles. The summed E-state index contributed by atoms with van der Waals surface area (Å²) in [5.74, 6) is 2.22. The van der Waals surface area contributed by atoms with Crippen molar-refractivity contribution >= 4 is 5.82 Å². The molecule has 0 saturated heterocycles. The first-order chi connectivity index (χ1) is 10.2. The van der Waals surface area contributed by atoms with Crippen molar-refractivity contribution in [1.82, 2.24) is 9.97 Å². The van der Waals surface area contributed by atoms with Crippen LogP contribution in [0.25, 0.3) is 0 Å². The molecule has 0 amide bonds. The molecule has 2 aromatic rings. The normalized spacial score (nSPS) is 10.4. The molecule has 1 aromatic heterocycles. The van der Waals surface area contributed by atoms with Gasteiger partial charge in [-0.15, -0.1) is 0 Å². The number of aryl methyl sites for hydroxylation is 1. The van der Waals surface area contributed by atoms with Crippen molar-refractivity contribution in [2.24, 2.45) is 0 Å². The third kappa shape index (κ3) is 4.43. The second-order valence-electron chi connectivity index (χ2n) is 4.71. The van der Waals surface area contributed by atoms with Crippen LogP contribution in [0.5, 0.6) is 5.75 Å². The third-order valence-corrected chi connectivity index (χ3v) is 2.97. The van der Waals surface area contributed by atoms with E-state index in [2.05, 4.69) is 15.3 Å². The summed E-state index contributed by atoms with van der Waals surface area (Å²) in [7, 11) is 0. The fourth-order valence-corrected chi connectivity index (χ4v) is 2.08. The molecule has 2 N–H and O–H groups in total. The Morgan fingerprint density at radius 3 is 2.81 bits per heavy atom. The predicted octanol–water partition coefficient (Wildman–Crippen LogP) is 2.33. The van der Waals surface area contributed by atoms with E-state index in [1.807, 2.05) is 44.2 Å². The van der Waals surface area contributed by atoms with Crippen LogP contribution >= 0.6 is 0 Å². The minimum Gasteiger partial charge on any atom is -0.485 e. The molecule has 2 rings (SSSR count). The molecule has 5 heteroatoms. The number of ether oxygens (including phenoxy) is 1. The van der Waals surface area contributed by atoms with Crippen LogP contribution in [0.1, 0.15) is 24.0 Å². The largest absolute Gasteiger partial charge is 0.485 e. The maximum Gasteiger partial charge on any atom is 0.168 e. The highest BCUT2D eigenvalue weighted by Gasteiger charge is 2.06. The van der Waals surface area contributed by atoms with E-state index in [9.17, 15) is 0 Å². The Hall–Kier alpha value is -2.14. The topological polar surface area (TPSA) is 67.3 Å². The lowest BCUT2D eigenvalue weighted by Crippen LogP contribution is -2.08. The molecule has 0 fully saturated rings. The number of aromatic nitrogens is 2. The lowest BCUT2D eigenvalue weighted by molar-refractivity contribution is 0.279. The summed E-state index contributed by atoms with van der Waals surface area (Å²) in [6, 6.07) is 9.60. The number of anilines is 1. The Morgan fingerprint density at radius 1 is 1.24 bits per heavy atom. The maximum absolute atomic E-state index is 9.07. The minimum absolute atomic E-state index is 0.103. The fourth-order valence-electron chi connectivity index (χ4n) is 2.08. The van der Waals surface area contributed by atoms with Gasteiger partial charge in [0, 0.05) is 24.9 Å². The highest BCUT2D eigenvalue weighted by Crippen LogP contribution is 2.19. The first-order valence-electron chi connectivity index (χ1n) is 7.13. The molecule has 0 aliphatic carbocycles. The zero-order valence-corrected chi connectivity index (χ0v) is 12.5. The van der Waals surface area contributed by atoms with Gasteiger partial charge in [0.05, 0.1) is 0 Å². The predicted molar refractivity (Wildman–Crippen MR) is 82.5 cm³/mol. The fraction of sp³-hybridized carbons (Fsp3) is 0.375. The van der Waals surface area contributed by atoms with Gasteiger partial charge in [-0.1, -0.05) is 18.2 Å². The molecular weight excluding hydrogens is 266 g/mol. The molecule has 1 heterocycles. The van der Waals surface area contributed by atoms with E-state index in [4.69, 9.17) is 9.84 Å². The molecule has 0 radical (unpaired) electrons. The van der Waals surface area contributed by atoms with Gasteiger partial charge in [-0.25, -0.2) is 9.97 Å². The van der Waals surface area contributed by atoms with Crippen molar-refractivity contribution in [3.63, 3.8) is 0 Å². The van der Waals surface area contributed by atoms with E-state index < -0.39 is 0 Å². The summed E-state index contributed by atoms with van der Waals surface area (Å²) in [5.41, 5.74) is 1.89. The summed E-state index contributed by atoms with van der Waals surface area (Å²) in [6.45, 7) is 5.19. The highest BCUT2D eigenvalue weighted by atomic mass is 16.5. The molecule has 0 bridgehead atoms. The molecule has 0 atom stereocenters. The molecule has 0 spiro atoms. The van der Waals surface area contributed by atoms with Crippen molar-refractivity contribution in [3.05, 3.63) is 47.4 Å². The van der Waals surface area contributed by atoms with Crippen LogP contribution in [-0.2, 0) is 13.0 Å². The molecule has 112 valence electrons. The number of para-hydroxylation sites is 1. The lowest BCUT2D eigenvalue weighted by Gasteiger charge is -2.11. The monoisotopic (exact) mass is 287 g/mol. The smallest absolute Gasteiger partial charge is 0.168 e. The summed E-state index contributed by atoms with van der Waals surface area (Å²) in [5, 5.41) is 12.3. The quantitative estimate of drug-likeness (QED) is 0.818. The molecule has 1 aromatic carbocycles. The van der Waals surface area contributed by atoms with Gasteiger partial charge in [-0.3, -0.25) is 0 Å². The zero-order valence-electron chi connectivity index (χ0n) is 12.5. The maximum atomic E-state index is 9.07. The van der Waals surface area contributed by atoms with E-state index in [-0.39, 0.29) is 6.61 Å². The number of nitrogens with zero attached hydrogens (tertiary/aromatic N) is 2. The molecular formula is C16H21N3O2. The van der Waals surface area contributed by atoms with Gasteiger partial charge in [0.15, 0.2) is 5.82 Å². The van der Waals surface area contributed by atoms with E-state index >= 15 is 0 Å². The van der Waals surface area contributed by atoms with Crippen molar-refractivity contribution in [3.8, 4) is 5.75 Å². The molecule has 0 saturated carbocycles. The van der Waals surface area contributed by atoms with Crippen LogP contribution in [0.3, 0.4) is 0 Å². The average Bonchev–Trinajstić information content (AvgIpc) is 2.46. The minimum atomic E-state index is 0.103. The molecule has 21 heavy (non-hydrogen) atoms. The number of benzene rings is 1. The standard InChI is InChI=1S/C16H21N3O2/c1-3-17-15-10-12(2)18-16(19-15)11-21-14-7-5-4-6-13(14)8-9-20/h4-7,10,20H,3,8-9,11H2,1-2H3,(H,17,18,19). The van der Waals surface area contributed by atoms with Crippen LogP contribution in [-0.4, -0.2) is 28.2 Å². The van der Waals surface area contributed by atoms with Gasteiger partial charge < -0.3 is 15.2 Å². The van der Waals surface area contributed by atoms with Gasteiger partial charge in [-0.05, 0) is 31.9 Å². The van der Waals surface area contributed by atoms with Gasteiger partial charge in [-0.2, -0.15) is 0 Å². The number of nitrogens with one attached hydrogen (secondary N) is 1. The number of aliphatic hydroxyl groups excluding tert-OH is 1. The van der Waals surface area contributed by atoms with Crippen molar-refractivity contribution in [1.29, 1.82) is 0 Å². The second kappa shape index (κ2) is 7.59. The Morgan fingerprint density at radius 2 is 2.05 bits per heavy atom. The van der Waals surface area contributed by atoms with Crippen LogP contribution in [0.15, 0.2) is 30.3 Å². The number of hydrogen-bond donors (Lipinski definition) is 2. The molecule has 5 nitrogen and oxygen atoms in total. The van der Waals surface area contributed by atoms with E-state index in [1.165, 1.54) is 0 Å². The van der Waals surface area contributed by atoms with Crippen LogP contribution in [0.4, 0.5) is 5.82 Å². The molecule has 0 unspecified atom stereocenters. The Labute approximate surface area is 125 Å².